The summed E-state index contributed by atoms with van der Waals surface area (Å²) in [6, 6.07) is 4.86. The van der Waals surface area contributed by atoms with Gasteiger partial charge in [-0.25, -0.2) is 0 Å². The van der Waals surface area contributed by atoms with Crippen LogP contribution in [0.1, 0.15) is 20.3 Å². The third-order valence-electron chi connectivity index (χ3n) is 3.35. The molecule has 0 amide bonds. The molecule has 1 fully saturated rings. The van der Waals surface area contributed by atoms with Crippen molar-refractivity contribution in [3.05, 3.63) is 33.3 Å². The number of piperidine rings is 1. The molecule has 98 valence electrons. The van der Waals surface area contributed by atoms with Gasteiger partial charge in [-0.05, 0) is 24.3 Å². The van der Waals surface area contributed by atoms with E-state index in [1.807, 2.05) is 0 Å². The summed E-state index contributed by atoms with van der Waals surface area (Å²) in [5, 5.41) is 11.6. The van der Waals surface area contributed by atoms with E-state index in [1.165, 1.54) is 6.07 Å². The van der Waals surface area contributed by atoms with Crippen molar-refractivity contribution >= 4 is 23.0 Å². The standard InChI is InChI=1S/C13H17ClN2O2/c1-9-6-10(2)8-15(7-9)13-11(14)4-3-5-12(13)16(17)18/h3-5,9-10H,6-8H2,1-2H3. The molecule has 0 saturated carbocycles. The van der Waals surface area contributed by atoms with E-state index in [0.29, 0.717) is 22.5 Å². The molecule has 4 nitrogen and oxygen atoms in total. The van der Waals surface area contributed by atoms with Crippen molar-refractivity contribution in [1.82, 2.24) is 0 Å². The molecule has 0 spiro atoms. The molecule has 0 N–H and O–H groups in total. The Morgan fingerprint density at radius 3 is 2.50 bits per heavy atom. The van der Waals surface area contributed by atoms with Crippen molar-refractivity contribution in [1.29, 1.82) is 0 Å². The number of nitro groups is 1. The molecule has 2 unspecified atom stereocenters. The first-order chi connectivity index (χ1) is 8.49. The number of halogens is 1. The lowest BCUT2D eigenvalue weighted by Crippen LogP contribution is -2.39. The molecule has 0 bridgehead atoms. The highest BCUT2D eigenvalue weighted by Gasteiger charge is 2.28. The molecule has 1 heterocycles. The topological polar surface area (TPSA) is 46.4 Å². The van der Waals surface area contributed by atoms with Crippen LogP contribution in [0.25, 0.3) is 0 Å². The zero-order chi connectivity index (χ0) is 13.3. The second-order valence-electron chi connectivity index (χ2n) is 5.22. The molecule has 0 aromatic heterocycles. The Hall–Kier alpha value is -1.29. The summed E-state index contributed by atoms with van der Waals surface area (Å²) in [5.41, 5.74) is 0.673. The van der Waals surface area contributed by atoms with E-state index in [9.17, 15) is 10.1 Å². The van der Waals surface area contributed by atoms with Gasteiger partial charge >= 0.3 is 0 Å². The number of nitrogens with zero attached hydrogens (tertiary/aromatic N) is 2. The number of para-hydroxylation sites is 1. The molecule has 18 heavy (non-hydrogen) atoms. The minimum Gasteiger partial charge on any atom is -0.364 e. The van der Waals surface area contributed by atoms with Gasteiger partial charge in [0.1, 0.15) is 5.69 Å². The first-order valence-electron chi connectivity index (χ1n) is 6.17. The zero-order valence-corrected chi connectivity index (χ0v) is 11.4. The Labute approximate surface area is 112 Å². The van der Waals surface area contributed by atoms with E-state index in [4.69, 9.17) is 11.6 Å². The predicted octanol–water partition coefficient (Wildman–Crippen LogP) is 3.73. The average Bonchev–Trinajstić information content (AvgIpc) is 2.26. The smallest absolute Gasteiger partial charge is 0.294 e. The van der Waals surface area contributed by atoms with Crippen molar-refractivity contribution in [2.45, 2.75) is 20.3 Å². The predicted molar refractivity (Wildman–Crippen MR) is 73.3 cm³/mol. The number of benzene rings is 1. The molecule has 1 saturated heterocycles. The number of nitro benzene ring substituents is 1. The molecule has 0 radical (unpaired) electrons. The summed E-state index contributed by atoms with van der Waals surface area (Å²) in [6.45, 7) is 6.00. The molecule has 1 aromatic rings. The fraction of sp³-hybridized carbons (Fsp3) is 0.538. The fourth-order valence-corrected chi connectivity index (χ4v) is 3.10. The third kappa shape index (κ3) is 2.58. The van der Waals surface area contributed by atoms with E-state index in [2.05, 4.69) is 18.7 Å². The number of rotatable bonds is 2. The van der Waals surface area contributed by atoms with Gasteiger partial charge in [0, 0.05) is 19.2 Å². The van der Waals surface area contributed by atoms with Crippen LogP contribution in [0.15, 0.2) is 18.2 Å². The average molecular weight is 269 g/mol. The van der Waals surface area contributed by atoms with Gasteiger partial charge in [-0.2, -0.15) is 0 Å². The summed E-state index contributed by atoms with van der Waals surface area (Å²) in [4.78, 5) is 12.8. The van der Waals surface area contributed by atoms with E-state index in [-0.39, 0.29) is 10.6 Å². The van der Waals surface area contributed by atoms with Gasteiger partial charge < -0.3 is 4.90 Å². The second-order valence-corrected chi connectivity index (χ2v) is 5.62. The van der Waals surface area contributed by atoms with Crippen LogP contribution < -0.4 is 4.90 Å². The van der Waals surface area contributed by atoms with E-state index < -0.39 is 0 Å². The molecule has 5 heteroatoms. The first kappa shape index (κ1) is 13.1. The van der Waals surface area contributed by atoms with Crippen LogP contribution in [0, 0.1) is 22.0 Å². The van der Waals surface area contributed by atoms with Crippen molar-refractivity contribution in [2.75, 3.05) is 18.0 Å². The van der Waals surface area contributed by atoms with Crippen LogP contribution in [0.3, 0.4) is 0 Å². The van der Waals surface area contributed by atoms with Crippen LogP contribution in [0.5, 0.6) is 0 Å². The molecule has 2 rings (SSSR count). The number of hydrogen-bond donors (Lipinski definition) is 0. The van der Waals surface area contributed by atoms with Crippen molar-refractivity contribution in [3.63, 3.8) is 0 Å². The molecule has 1 aliphatic rings. The normalized spacial score (nSPS) is 24.1. The summed E-state index contributed by atoms with van der Waals surface area (Å²) in [6.07, 6.45) is 1.16. The Kier molecular flexibility index (Phi) is 3.76. The van der Waals surface area contributed by atoms with Gasteiger partial charge in [0.15, 0.2) is 0 Å². The molecule has 1 aromatic carbocycles. The van der Waals surface area contributed by atoms with Gasteiger partial charge in [0.05, 0.1) is 9.95 Å². The van der Waals surface area contributed by atoms with Crippen molar-refractivity contribution in [3.8, 4) is 0 Å². The van der Waals surface area contributed by atoms with E-state index in [0.717, 1.165) is 19.5 Å². The summed E-state index contributed by atoms with van der Waals surface area (Å²) in [5.74, 6) is 1.06. The molecular weight excluding hydrogens is 252 g/mol. The van der Waals surface area contributed by atoms with E-state index in [1.54, 1.807) is 12.1 Å². The van der Waals surface area contributed by atoms with Crippen LogP contribution in [0.4, 0.5) is 11.4 Å². The minimum absolute atomic E-state index is 0.101. The molecule has 1 aliphatic heterocycles. The van der Waals surface area contributed by atoms with Crippen LogP contribution >= 0.6 is 11.6 Å². The van der Waals surface area contributed by atoms with Gasteiger partial charge in [0.2, 0.25) is 0 Å². The lowest BCUT2D eigenvalue weighted by Gasteiger charge is -2.36. The van der Waals surface area contributed by atoms with E-state index >= 15 is 0 Å². The molecular formula is C13H17ClN2O2. The highest BCUT2D eigenvalue weighted by Crippen LogP contribution is 2.38. The summed E-state index contributed by atoms with van der Waals surface area (Å²) in [7, 11) is 0. The van der Waals surface area contributed by atoms with Crippen molar-refractivity contribution < 1.29 is 4.92 Å². The molecule has 0 aliphatic carbocycles. The SMILES string of the molecule is CC1CC(C)CN(c2c(Cl)cccc2[N+](=O)[O-])C1. The fourth-order valence-electron chi connectivity index (χ4n) is 2.81. The van der Waals surface area contributed by atoms with Crippen LogP contribution in [-0.2, 0) is 0 Å². The maximum absolute atomic E-state index is 11.1. The maximum atomic E-state index is 11.1. The Bertz CT molecular complexity index is 454. The zero-order valence-electron chi connectivity index (χ0n) is 10.6. The van der Waals surface area contributed by atoms with Crippen LogP contribution in [-0.4, -0.2) is 18.0 Å². The lowest BCUT2D eigenvalue weighted by atomic mass is 9.91. The largest absolute Gasteiger partial charge is 0.364 e. The van der Waals surface area contributed by atoms with Crippen molar-refractivity contribution in [2.24, 2.45) is 11.8 Å². The van der Waals surface area contributed by atoms with Gasteiger partial charge in [-0.1, -0.05) is 31.5 Å². The van der Waals surface area contributed by atoms with Crippen LogP contribution in [0.2, 0.25) is 5.02 Å². The molecule has 2 atom stereocenters. The number of anilines is 1. The number of hydrogen-bond acceptors (Lipinski definition) is 3. The summed E-state index contributed by atoms with van der Waals surface area (Å²) < 4.78 is 0. The summed E-state index contributed by atoms with van der Waals surface area (Å²) >= 11 is 6.16. The maximum Gasteiger partial charge on any atom is 0.294 e. The van der Waals surface area contributed by atoms with Gasteiger partial charge in [0.25, 0.3) is 5.69 Å². The van der Waals surface area contributed by atoms with Gasteiger partial charge in [-0.15, -0.1) is 0 Å². The highest BCUT2D eigenvalue weighted by atomic mass is 35.5. The first-order valence-corrected chi connectivity index (χ1v) is 6.54. The Balaban J connectivity index is 2.40. The second kappa shape index (κ2) is 5.14. The third-order valence-corrected chi connectivity index (χ3v) is 3.65. The monoisotopic (exact) mass is 268 g/mol. The van der Waals surface area contributed by atoms with Gasteiger partial charge in [-0.3, -0.25) is 10.1 Å². The minimum atomic E-state index is -0.356. The highest BCUT2D eigenvalue weighted by molar-refractivity contribution is 6.33. The Morgan fingerprint density at radius 2 is 1.94 bits per heavy atom. The lowest BCUT2D eigenvalue weighted by molar-refractivity contribution is -0.384. The Morgan fingerprint density at radius 1 is 1.33 bits per heavy atom. The quantitative estimate of drug-likeness (QED) is 0.606.